The van der Waals surface area contributed by atoms with Crippen LogP contribution in [-0.4, -0.2) is 27.3 Å². The van der Waals surface area contributed by atoms with Gasteiger partial charge in [0.2, 0.25) is 0 Å². The molecule has 0 amide bonds. The normalized spacial score (nSPS) is 18.1. The molecule has 1 N–H and O–H groups in total. The second-order valence-electron chi connectivity index (χ2n) is 5.58. The van der Waals surface area contributed by atoms with Gasteiger partial charge in [-0.15, -0.1) is 12.4 Å². The summed E-state index contributed by atoms with van der Waals surface area (Å²) in [5.74, 6) is -1.24. The number of ether oxygens (including phenoxy) is 1. The summed E-state index contributed by atoms with van der Waals surface area (Å²) in [7, 11) is -3.22. The SMILES string of the molecule is Cl.O=S1(=O)CCC(NCCOc2cc(F)ccc2F)c2ccccc21. The lowest BCUT2D eigenvalue weighted by molar-refractivity contribution is 0.288. The van der Waals surface area contributed by atoms with Crippen molar-refractivity contribution < 1.29 is 21.9 Å². The van der Waals surface area contributed by atoms with Crippen molar-refractivity contribution in [2.24, 2.45) is 0 Å². The fourth-order valence-electron chi connectivity index (χ4n) is 2.78. The molecule has 1 aliphatic rings. The van der Waals surface area contributed by atoms with Gasteiger partial charge < -0.3 is 10.1 Å². The number of hydrogen-bond donors (Lipinski definition) is 1. The van der Waals surface area contributed by atoms with Crippen LogP contribution in [-0.2, 0) is 9.84 Å². The van der Waals surface area contributed by atoms with E-state index in [9.17, 15) is 17.2 Å². The van der Waals surface area contributed by atoms with E-state index in [-0.39, 0.29) is 36.6 Å². The van der Waals surface area contributed by atoms with Gasteiger partial charge in [-0.25, -0.2) is 17.2 Å². The third-order valence-corrected chi connectivity index (χ3v) is 5.76. The number of halogens is 3. The summed E-state index contributed by atoms with van der Waals surface area (Å²) in [5.41, 5.74) is 0.737. The van der Waals surface area contributed by atoms with E-state index < -0.39 is 21.5 Å². The van der Waals surface area contributed by atoms with Crippen LogP contribution < -0.4 is 10.1 Å². The molecule has 4 nitrogen and oxygen atoms in total. The molecule has 25 heavy (non-hydrogen) atoms. The molecule has 0 saturated carbocycles. The van der Waals surface area contributed by atoms with Crippen LogP contribution in [0.15, 0.2) is 47.4 Å². The molecular weight excluding hydrogens is 372 g/mol. The fourth-order valence-corrected chi connectivity index (χ4v) is 4.41. The van der Waals surface area contributed by atoms with Crippen molar-refractivity contribution in [2.75, 3.05) is 18.9 Å². The number of hydrogen-bond acceptors (Lipinski definition) is 4. The van der Waals surface area contributed by atoms with Crippen LogP contribution in [0.1, 0.15) is 18.0 Å². The summed E-state index contributed by atoms with van der Waals surface area (Å²) in [5, 5.41) is 3.21. The lowest BCUT2D eigenvalue weighted by atomic mass is 10.0. The van der Waals surface area contributed by atoms with Gasteiger partial charge >= 0.3 is 0 Å². The van der Waals surface area contributed by atoms with Gasteiger partial charge in [-0.3, -0.25) is 0 Å². The standard InChI is InChI=1S/C17H17F2NO3S.ClH/c18-12-5-6-14(19)16(11-12)23-9-8-20-15-7-10-24(21,22)17-4-2-1-3-13(15)17;/h1-6,11,15,20H,7-10H2;1H. The summed E-state index contributed by atoms with van der Waals surface area (Å²) in [6.07, 6.45) is 0.466. The van der Waals surface area contributed by atoms with E-state index in [0.717, 1.165) is 23.8 Å². The van der Waals surface area contributed by atoms with E-state index in [1.807, 2.05) is 0 Å². The molecule has 2 aromatic carbocycles. The van der Waals surface area contributed by atoms with Gasteiger partial charge in [0.1, 0.15) is 12.4 Å². The molecule has 0 spiro atoms. The number of rotatable bonds is 5. The molecule has 0 radical (unpaired) electrons. The molecule has 2 aromatic rings. The predicted molar refractivity (Wildman–Crippen MR) is 93.0 cm³/mol. The maximum atomic E-state index is 13.5. The van der Waals surface area contributed by atoms with Gasteiger partial charge in [-0.2, -0.15) is 0 Å². The maximum absolute atomic E-state index is 13.5. The van der Waals surface area contributed by atoms with E-state index >= 15 is 0 Å². The lowest BCUT2D eigenvalue weighted by Crippen LogP contribution is -2.32. The number of nitrogens with one attached hydrogen (secondary N) is 1. The van der Waals surface area contributed by atoms with Crippen molar-refractivity contribution in [3.8, 4) is 5.75 Å². The van der Waals surface area contributed by atoms with Crippen molar-refractivity contribution in [1.29, 1.82) is 0 Å². The van der Waals surface area contributed by atoms with Crippen molar-refractivity contribution in [3.05, 3.63) is 59.7 Å². The first-order chi connectivity index (χ1) is 11.5. The van der Waals surface area contributed by atoms with E-state index in [2.05, 4.69) is 5.32 Å². The van der Waals surface area contributed by atoms with Crippen LogP contribution in [0.2, 0.25) is 0 Å². The second-order valence-corrected chi connectivity index (χ2v) is 7.65. The Bertz CT molecular complexity index is 846. The highest BCUT2D eigenvalue weighted by Crippen LogP contribution is 2.31. The Morgan fingerprint density at radius 3 is 2.72 bits per heavy atom. The van der Waals surface area contributed by atoms with Crippen molar-refractivity contribution in [3.63, 3.8) is 0 Å². The van der Waals surface area contributed by atoms with Gasteiger partial charge in [-0.1, -0.05) is 18.2 Å². The highest BCUT2D eigenvalue weighted by molar-refractivity contribution is 7.91. The Morgan fingerprint density at radius 1 is 1.16 bits per heavy atom. The third-order valence-electron chi connectivity index (χ3n) is 3.95. The smallest absolute Gasteiger partial charge is 0.178 e. The first-order valence-electron chi connectivity index (χ1n) is 7.60. The zero-order chi connectivity index (χ0) is 17.2. The Balaban J connectivity index is 0.00000225. The van der Waals surface area contributed by atoms with Crippen molar-refractivity contribution in [2.45, 2.75) is 17.4 Å². The topological polar surface area (TPSA) is 55.4 Å². The van der Waals surface area contributed by atoms with E-state index in [4.69, 9.17) is 4.74 Å². The molecule has 1 unspecified atom stereocenters. The Morgan fingerprint density at radius 2 is 1.92 bits per heavy atom. The van der Waals surface area contributed by atoms with E-state index in [0.29, 0.717) is 17.9 Å². The minimum atomic E-state index is -3.22. The summed E-state index contributed by atoms with van der Waals surface area (Å²) in [6, 6.07) is 9.83. The summed E-state index contributed by atoms with van der Waals surface area (Å²) < 4.78 is 55.9. The molecule has 0 saturated heterocycles. The summed E-state index contributed by atoms with van der Waals surface area (Å²) in [6.45, 7) is 0.529. The second kappa shape index (κ2) is 8.12. The van der Waals surface area contributed by atoms with Crippen molar-refractivity contribution in [1.82, 2.24) is 5.32 Å². The average Bonchev–Trinajstić information content (AvgIpc) is 2.56. The minimum absolute atomic E-state index is 0. The van der Waals surface area contributed by atoms with Gasteiger partial charge in [-0.05, 0) is 30.2 Å². The minimum Gasteiger partial charge on any atom is -0.489 e. The first-order valence-corrected chi connectivity index (χ1v) is 9.25. The highest BCUT2D eigenvalue weighted by atomic mass is 35.5. The Labute approximate surface area is 151 Å². The van der Waals surface area contributed by atoms with Crippen LogP contribution in [0, 0.1) is 11.6 Å². The number of benzene rings is 2. The van der Waals surface area contributed by atoms with Crippen LogP contribution in [0.25, 0.3) is 0 Å². The number of sulfone groups is 1. The molecule has 0 aromatic heterocycles. The highest BCUT2D eigenvalue weighted by Gasteiger charge is 2.29. The number of fused-ring (bicyclic) bond motifs is 1. The fraction of sp³-hybridized carbons (Fsp3) is 0.294. The van der Waals surface area contributed by atoms with Crippen LogP contribution in [0.3, 0.4) is 0 Å². The Kier molecular flexibility index (Phi) is 6.37. The quantitative estimate of drug-likeness (QED) is 0.797. The monoisotopic (exact) mass is 389 g/mol. The molecule has 8 heteroatoms. The molecule has 1 heterocycles. The molecular formula is C17H18ClF2NO3S. The molecule has 1 aliphatic heterocycles. The zero-order valence-electron chi connectivity index (χ0n) is 13.2. The largest absolute Gasteiger partial charge is 0.489 e. The van der Waals surface area contributed by atoms with Crippen LogP contribution >= 0.6 is 12.4 Å². The predicted octanol–water partition coefficient (Wildman–Crippen LogP) is 3.27. The molecule has 0 bridgehead atoms. The molecule has 0 fully saturated rings. The molecule has 0 aliphatic carbocycles. The third kappa shape index (κ3) is 4.48. The molecule has 3 rings (SSSR count). The molecule has 1 atom stereocenters. The van der Waals surface area contributed by atoms with Gasteiger partial charge in [0.15, 0.2) is 21.4 Å². The zero-order valence-corrected chi connectivity index (χ0v) is 14.9. The van der Waals surface area contributed by atoms with Crippen molar-refractivity contribution >= 4 is 22.2 Å². The van der Waals surface area contributed by atoms with E-state index in [1.165, 1.54) is 0 Å². The first kappa shape index (κ1) is 19.6. The Hall–Kier alpha value is -1.70. The summed E-state index contributed by atoms with van der Waals surface area (Å²) in [4.78, 5) is 0.353. The van der Waals surface area contributed by atoms with Crippen LogP contribution in [0.5, 0.6) is 5.75 Å². The van der Waals surface area contributed by atoms with Gasteiger partial charge in [0.25, 0.3) is 0 Å². The molecule has 136 valence electrons. The summed E-state index contributed by atoms with van der Waals surface area (Å²) >= 11 is 0. The average molecular weight is 390 g/mol. The lowest BCUT2D eigenvalue weighted by Gasteiger charge is -2.26. The maximum Gasteiger partial charge on any atom is 0.178 e. The van der Waals surface area contributed by atoms with Gasteiger partial charge in [0.05, 0.1) is 10.6 Å². The van der Waals surface area contributed by atoms with Gasteiger partial charge in [0, 0.05) is 18.7 Å². The van der Waals surface area contributed by atoms with Crippen LogP contribution in [0.4, 0.5) is 8.78 Å². The van der Waals surface area contributed by atoms with E-state index in [1.54, 1.807) is 24.3 Å².